The van der Waals surface area contributed by atoms with E-state index < -0.39 is 6.04 Å². The van der Waals surface area contributed by atoms with Crippen molar-refractivity contribution in [3.63, 3.8) is 0 Å². The number of amides is 3. The Balaban J connectivity index is 1.50. The van der Waals surface area contributed by atoms with Crippen molar-refractivity contribution in [3.8, 4) is 5.75 Å². The number of methoxy groups -OCH3 is 1. The van der Waals surface area contributed by atoms with Gasteiger partial charge in [-0.1, -0.05) is 31.4 Å². The maximum atomic E-state index is 12.9. The van der Waals surface area contributed by atoms with Crippen LogP contribution >= 0.6 is 11.8 Å². The second-order valence-electron chi connectivity index (χ2n) is 8.51. The molecular weight excluding hydrogens is 450 g/mol. The molecule has 1 atom stereocenters. The van der Waals surface area contributed by atoms with E-state index >= 15 is 0 Å². The van der Waals surface area contributed by atoms with Crippen LogP contribution in [0.25, 0.3) is 0 Å². The first-order chi connectivity index (χ1) is 16.5. The summed E-state index contributed by atoms with van der Waals surface area (Å²) in [5, 5.41) is 8.55. The topological polar surface area (TPSA) is 96.5 Å². The number of carbonyl (C=O) groups is 3. The van der Waals surface area contributed by atoms with Crippen LogP contribution in [0.5, 0.6) is 5.75 Å². The molecule has 0 radical (unpaired) electrons. The molecule has 7 nitrogen and oxygen atoms in total. The summed E-state index contributed by atoms with van der Waals surface area (Å²) in [7, 11) is 1.57. The quantitative estimate of drug-likeness (QED) is 0.439. The molecule has 1 saturated carbocycles. The molecule has 0 bridgehead atoms. The average molecular weight is 484 g/mol. The van der Waals surface area contributed by atoms with E-state index in [2.05, 4.69) is 16.0 Å². The number of rotatable bonds is 10. The SMILES string of the molecule is COc1ccc(NC(=O)[C@@H](C)NC(=O)c2ccccc2SCC(=O)NCC2CCCCC2)cc1. The van der Waals surface area contributed by atoms with E-state index in [1.54, 1.807) is 50.4 Å². The van der Waals surface area contributed by atoms with Gasteiger partial charge >= 0.3 is 0 Å². The lowest BCUT2D eigenvalue weighted by atomic mass is 9.89. The molecule has 2 aromatic carbocycles. The number of nitrogens with one attached hydrogen (secondary N) is 3. The molecule has 8 heteroatoms. The van der Waals surface area contributed by atoms with Crippen LogP contribution < -0.4 is 20.7 Å². The minimum Gasteiger partial charge on any atom is -0.497 e. The predicted octanol–water partition coefficient (Wildman–Crippen LogP) is 4.24. The van der Waals surface area contributed by atoms with Crippen molar-refractivity contribution >= 4 is 35.2 Å². The van der Waals surface area contributed by atoms with Gasteiger partial charge in [0.25, 0.3) is 5.91 Å². The molecule has 3 amide bonds. The zero-order valence-corrected chi connectivity index (χ0v) is 20.6. The first-order valence-corrected chi connectivity index (χ1v) is 12.7. The summed E-state index contributed by atoms with van der Waals surface area (Å²) in [4.78, 5) is 38.4. The van der Waals surface area contributed by atoms with Crippen molar-refractivity contribution < 1.29 is 19.1 Å². The highest BCUT2D eigenvalue weighted by Crippen LogP contribution is 2.24. The van der Waals surface area contributed by atoms with E-state index in [4.69, 9.17) is 4.74 Å². The lowest BCUT2D eigenvalue weighted by Crippen LogP contribution is -2.41. The van der Waals surface area contributed by atoms with E-state index in [1.807, 2.05) is 12.1 Å². The Morgan fingerprint density at radius 2 is 1.74 bits per heavy atom. The van der Waals surface area contributed by atoms with Crippen molar-refractivity contribution in [1.82, 2.24) is 10.6 Å². The molecule has 1 fully saturated rings. The summed E-state index contributed by atoms with van der Waals surface area (Å²) in [6.45, 7) is 2.35. The van der Waals surface area contributed by atoms with E-state index in [-0.39, 0.29) is 23.5 Å². The third-order valence-corrected chi connectivity index (χ3v) is 6.98. The molecule has 1 aliphatic carbocycles. The van der Waals surface area contributed by atoms with Crippen LogP contribution in [0, 0.1) is 5.92 Å². The molecule has 0 aliphatic heterocycles. The lowest BCUT2D eigenvalue weighted by molar-refractivity contribution is -0.119. The van der Waals surface area contributed by atoms with Gasteiger partial charge in [0.15, 0.2) is 0 Å². The Labute approximate surface area is 205 Å². The van der Waals surface area contributed by atoms with Gasteiger partial charge in [0.1, 0.15) is 11.8 Å². The molecule has 1 aliphatic rings. The first-order valence-electron chi connectivity index (χ1n) is 11.7. The molecular formula is C26H33N3O4S. The molecule has 3 rings (SSSR count). The average Bonchev–Trinajstić information content (AvgIpc) is 2.87. The van der Waals surface area contributed by atoms with E-state index in [1.165, 1.54) is 43.9 Å². The molecule has 182 valence electrons. The van der Waals surface area contributed by atoms with Gasteiger partial charge in [0.05, 0.1) is 18.4 Å². The predicted molar refractivity (Wildman–Crippen MR) is 135 cm³/mol. The molecule has 34 heavy (non-hydrogen) atoms. The minimum absolute atomic E-state index is 0.0296. The maximum absolute atomic E-state index is 12.9. The van der Waals surface area contributed by atoms with Crippen LogP contribution in [0.15, 0.2) is 53.4 Å². The molecule has 0 spiro atoms. The molecule has 3 N–H and O–H groups in total. The fraction of sp³-hybridized carbons (Fsp3) is 0.423. The van der Waals surface area contributed by atoms with Gasteiger partial charge in [-0.15, -0.1) is 11.8 Å². The van der Waals surface area contributed by atoms with Gasteiger partial charge in [0, 0.05) is 17.1 Å². The van der Waals surface area contributed by atoms with Gasteiger partial charge in [-0.3, -0.25) is 14.4 Å². The van der Waals surface area contributed by atoms with Crippen LogP contribution in [0.2, 0.25) is 0 Å². The Kier molecular flexibility index (Phi) is 9.82. The minimum atomic E-state index is -0.744. The highest BCUT2D eigenvalue weighted by Gasteiger charge is 2.20. The zero-order chi connectivity index (χ0) is 24.3. The third kappa shape index (κ3) is 7.80. The third-order valence-electron chi connectivity index (χ3n) is 5.90. The highest BCUT2D eigenvalue weighted by atomic mass is 32.2. The second kappa shape index (κ2) is 13.0. The number of carbonyl (C=O) groups excluding carboxylic acids is 3. The van der Waals surface area contributed by atoms with E-state index in [0.29, 0.717) is 27.8 Å². The second-order valence-corrected chi connectivity index (χ2v) is 9.52. The van der Waals surface area contributed by atoms with Crippen molar-refractivity contribution in [2.24, 2.45) is 5.92 Å². The standard InChI is InChI=1S/C26H33N3O4S/c1-18(25(31)29-20-12-14-21(33-2)15-13-20)28-26(32)22-10-6-7-11-23(22)34-17-24(30)27-16-19-8-4-3-5-9-19/h6-7,10-15,18-19H,3-5,8-9,16-17H2,1-2H3,(H,27,30)(H,28,32)(H,29,31)/t18-/m1/s1. The van der Waals surface area contributed by atoms with Crippen LogP contribution in [0.4, 0.5) is 5.69 Å². The molecule has 0 saturated heterocycles. The summed E-state index contributed by atoms with van der Waals surface area (Å²) in [5.74, 6) is 0.791. The van der Waals surface area contributed by atoms with E-state index in [9.17, 15) is 14.4 Å². The van der Waals surface area contributed by atoms with E-state index in [0.717, 1.165) is 6.54 Å². The lowest BCUT2D eigenvalue weighted by Gasteiger charge is -2.21. The Morgan fingerprint density at radius 3 is 2.44 bits per heavy atom. The summed E-state index contributed by atoms with van der Waals surface area (Å²) in [6.07, 6.45) is 6.14. The molecule has 2 aromatic rings. The van der Waals surface area contributed by atoms with Crippen molar-refractivity contribution in [2.45, 2.75) is 50.0 Å². The summed E-state index contributed by atoms with van der Waals surface area (Å²) in [6, 6.07) is 13.3. The Bertz CT molecular complexity index is 974. The number of benzene rings is 2. The Hall–Kier alpha value is -3.00. The number of ether oxygens (including phenoxy) is 1. The van der Waals surface area contributed by atoms with Crippen LogP contribution in [0.3, 0.4) is 0 Å². The van der Waals surface area contributed by atoms with Gasteiger partial charge in [-0.25, -0.2) is 0 Å². The Morgan fingerprint density at radius 1 is 1.03 bits per heavy atom. The van der Waals surface area contributed by atoms with Crippen LogP contribution in [0.1, 0.15) is 49.4 Å². The maximum Gasteiger partial charge on any atom is 0.253 e. The van der Waals surface area contributed by atoms with Gasteiger partial charge in [0.2, 0.25) is 11.8 Å². The zero-order valence-electron chi connectivity index (χ0n) is 19.8. The molecule has 0 aromatic heterocycles. The van der Waals surface area contributed by atoms with Gasteiger partial charge in [-0.2, -0.15) is 0 Å². The van der Waals surface area contributed by atoms with Crippen LogP contribution in [-0.2, 0) is 9.59 Å². The molecule has 0 unspecified atom stereocenters. The van der Waals surface area contributed by atoms with Crippen molar-refractivity contribution in [2.75, 3.05) is 24.7 Å². The number of hydrogen-bond acceptors (Lipinski definition) is 5. The largest absolute Gasteiger partial charge is 0.497 e. The first kappa shape index (κ1) is 25.6. The van der Waals surface area contributed by atoms with Crippen molar-refractivity contribution in [1.29, 1.82) is 0 Å². The van der Waals surface area contributed by atoms with Crippen molar-refractivity contribution in [3.05, 3.63) is 54.1 Å². The smallest absolute Gasteiger partial charge is 0.253 e. The summed E-state index contributed by atoms with van der Waals surface area (Å²) in [5.41, 5.74) is 1.05. The molecule has 0 heterocycles. The fourth-order valence-electron chi connectivity index (χ4n) is 3.89. The number of thioether (sulfide) groups is 1. The van der Waals surface area contributed by atoms with Crippen LogP contribution in [-0.4, -0.2) is 43.2 Å². The highest BCUT2D eigenvalue weighted by molar-refractivity contribution is 8.00. The fourth-order valence-corrected chi connectivity index (χ4v) is 4.77. The normalized spacial score (nSPS) is 14.6. The summed E-state index contributed by atoms with van der Waals surface area (Å²) >= 11 is 1.33. The number of hydrogen-bond donors (Lipinski definition) is 3. The summed E-state index contributed by atoms with van der Waals surface area (Å²) < 4.78 is 5.11. The van der Waals surface area contributed by atoms with Gasteiger partial charge < -0.3 is 20.7 Å². The monoisotopic (exact) mass is 483 g/mol. The number of anilines is 1. The van der Waals surface area contributed by atoms with Gasteiger partial charge in [-0.05, 0) is 62.1 Å².